The van der Waals surface area contributed by atoms with Crippen molar-refractivity contribution in [2.24, 2.45) is 0 Å². The standard InChI is InChI=1S/C8H11ClN2S/c9-5-1-2-7-10-11-8(12-7)6-3-4-6/h6H,1-5H2. The Kier molecular flexibility index (Phi) is 2.61. The lowest BCUT2D eigenvalue weighted by Gasteiger charge is -1.87. The normalized spacial score (nSPS) is 16.8. The van der Waals surface area contributed by atoms with Crippen molar-refractivity contribution in [2.45, 2.75) is 31.6 Å². The summed E-state index contributed by atoms with van der Waals surface area (Å²) >= 11 is 7.35. The second kappa shape index (κ2) is 3.71. The Balaban J connectivity index is 1.93. The van der Waals surface area contributed by atoms with E-state index in [4.69, 9.17) is 11.6 Å². The Morgan fingerprint density at radius 2 is 2.25 bits per heavy atom. The minimum absolute atomic E-state index is 0.721. The molecule has 1 aromatic rings. The van der Waals surface area contributed by atoms with E-state index >= 15 is 0 Å². The third-order valence-corrected chi connectivity index (χ3v) is 3.35. The molecule has 0 radical (unpaired) electrons. The Hall–Kier alpha value is -0.150. The largest absolute Gasteiger partial charge is 0.144 e. The average molecular weight is 203 g/mol. The third kappa shape index (κ3) is 1.96. The molecule has 2 nitrogen and oxygen atoms in total. The van der Waals surface area contributed by atoms with Crippen molar-refractivity contribution in [3.8, 4) is 0 Å². The monoisotopic (exact) mass is 202 g/mol. The number of nitrogens with zero attached hydrogens (tertiary/aromatic N) is 2. The summed E-state index contributed by atoms with van der Waals surface area (Å²) in [5.74, 6) is 1.46. The fraction of sp³-hybridized carbons (Fsp3) is 0.750. The van der Waals surface area contributed by atoms with Crippen LogP contribution in [-0.4, -0.2) is 16.1 Å². The van der Waals surface area contributed by atoms with Gasteiger partial charge in [0.15, 0.2) is 0 Å². The van der Waals surface area contributed by atoms with E-state index in [2.05, 4.69) is 10.2 Å². The van der Waals surface area contributed by atoms with Gasteiger partial charge in [-0.2, -0.15) is 0 Å². The molecule has 0 aliphatic heterocycles. The van der Waals surface area contributed by atoms with Crippen LogP contribution in [-0.2, 0) is 6.42 Å². The van der Waals surface area contributed by atoms with Crippen molar-refractivity contribution in [3.63, 3.8) is 0 Å². The van der Waals surface area contributed by atoms with Crippen LogP contribution < -0.4 is 0 Å². The lowest BCUT2D eigenvalue weighted by Crippen LogP contribution is -1.84. The second-order valence-corrected chi connectivity index (χ2v) is 4.57. The number of hydrogen-bond donors (Lipinski definition) is 0. The first-order valence-corrected chi connectivity index (χ1v) is 5.63. The third-order valence-electron chi connectivity index (χ3n) is 1.93. The molecule has 0 amide bonds. The van der Waals surface area contributed by atoms with E-state index in [0.717, 1.165) is 29.6 Å². The molecule has 4 heteroatoms. The summed E-state index contributed by atoms with van der Waals surface area (Å²) in [6.45, 7) is 0. The molecule has 0 N–H and O–H groups in total. The molecule has 0 spiro atoms. The molecule has 1 saturated carbocycles. The lowest BCUT2D eigenvalue weighted by molar-refractivity contribution is 0.869. The van der Waals surface area contributed by atoms with Crippen LogP contribution in [0.5, 0.6) is 0 Å². The van der Waals surface area contributed by atoms with Crippen molar-refractivity contribution in [2.75, 3.05) is 5.88 Å². The van der Waals surface area contributed by atoms with Crippen molar-refractivity contribution >= 4 is 22.9 Å². The minimum Gasteiger partial charge on any atom is -0.144 e. The molecular formula is C8H11ClN2S. The van der Waals surface area contributed by atoms with E-state index in [1.165, 1.54) is 17.8 Å². The zero-order valence-electron chi connectivity index (χ0n) is 6.79. The Bertz CT molecular complexity index is 257. The van der Waals surface area contributed by atoms with Crippen molar-refractivity contribution in [1.29, 1.82) is 0 Å². The van der Waals surface area contributed by atoms with Crippen LogP contribution in [0.15, 0.2) is 0 Å². The van der Waals surface area contributed by atoms with E-state index in [1.807, 2.05) is 0 Å². The topological polar surface area (TPSA) is 25.8 Å². The van der Waals surface area contributed by atoms with Gasteiger partial charge < -0.3 is 0 Å². The summed E-state index contributed by atoms with van der Waals surface area (Å²) < 4.78 is 0. The van der Waals surface area contributed by atoms with Gasteiger partial charge in [0, 0.05) is 18.2 Å². The van der Waals surface area contributed by atoms with Gasteiger partial charge in [0.25, 0.3) is 0 Å². The highest BCUT2D eigenvalue weighted by molar-refractivity contribution is 7.11. The van der Waals surface area contributed by atoms with Crippen LogP contribution >= 0.6 is 22.9 Å². The summed E-state index contributed by atoms with van der Waals surface area (Å²) in [5, 5.41) is 10.7. The van der Waals surface area contributed by atoms with E-state index in [0.29, 0.717) is 0 Å². The van der Waals surface area contributed by atoms with Crippen molar-refractivity contribution in [1.82, 2.24) is 10.2 Å². The highest BCUT2D eigenvalue weighted by Crippen LogP contribution is 2.41. The van der Waals surface area contributed by atoms with Crippen LogP contribution in [0.25, 0.3) is 0 Å². The second-order valence-electron chi connectivity index (χ2n) is 3.10. The molecule has 1 aliphatic rings. The first kappa shape index (κ1) is 8.45. The van der Waals surface area contributed by atoms with Crippen LogP contribution in [0.1, 0.15) is 35.2 Å². The summed E-state index contributed by atoms with van der Waals surface area (Å²) in [7, 11) is 0. The predicted molar refractivity (Wildman–Crippen MR) is 50.9 cm³/mol. The Morgan fingerprint density at radius 1 is 1.42 bits per heavy atom. The van der Waals surface area contributed by atoms with Crippen LogP contribution in [0.4, 0.5) is 0 Å². The SMILES string of the molecule is ClCCCc1nnc(C2CC2)s1. The fourth-order valence-corrected chi connectivity index (χ4v) is 2.27. The maximum atomic E-state index is 5.59. The number of aromatic nitrogens is 2. The molecule has 1 fully saturated rings. The first-order chi connectivity index (χ1) is 5.90. The number of alkyl halides is 1. The predicted octanol–water partition coefficient (Wildman–Crippen LogP) is 2.59. The van der Waals surface area contributed by atoms with Crippen LogP contribution in [0.3, 0.4) is 0 Å². The molecular weight excluding hydrogens is 192 g/mol. The lowest BCUT2D eigenvalue weighted by atomic mass is 10.4. The molecule has 1 aliphatic carbocycles. The van der Waals surface area contributed by atoms with Gasteiger partial charge in [-0.15, -0.1) is 33.1 Å². The molecule has 0 atom stereocenters. The molecule has 1 aromatic heterocycles. The summed E-state index contributed by atoms with van der Waals surface area (Å²) in [5.41, 5.74) is 0. The zero-order chi connectivity index (χ0) is 8.39. The van der Waals surface area contributed by atoms with E-state index in [9.17, 15) is 0 Å². The van der Waals surface area contributed by atoms with Gasteiger partial charge in [-0.1, -0.05) is 0 Å². The summed E-state index contributed by atoms with van der Waals surface area (Å²) in [6, 6.07) is 0. The molecule has 0 bridgehead atoms. The number of hydrogen-bond acceptors (Lipinski definition) is 3. The molecule has 2 rings (SSSR count). The van der Waals surface area contributed by atoms with Crippen molar-refractivity contribution < 1.29 is 0 Å². The molecule has 1 heterocycles. The highest BCUT2D eigenvalue weighted by Gasteiger charge is 2.27. The average Bonchev–Trinajstić information content (AvgIpc) is 2.83. The number of rotatable bonds is 4. The Labute approximate surface area is 81.0 Å². The number of aryl methyl sites for hydroxylation is 1. The van der Waals surface area contributed by atoms with E-state index in [1.54, 1.807) is 11.3 Å². The smallest absolute Gasteiger partial charge is 0.120 e. The van der Waals surface area contributed by atoms with Gasteiger partial charge in [-0.3, -0.25) is 0 Å². The van der Waals surface area contributed by atoms with Gasteiger partial charge >= 0.3 is 0 Å². The molecule has 0 saturated heterocycles. The maximum absolute atomic E-state index is 5.59. The van der Waals surface area contributed by atoms with Gasteiger partial charge in [0.2, 0.25) is 0 Å². The quantitative estimate of drug-likeness (QED) is 0.702. The van der Waals surface area contributed by atoms with Gasteiger partial charge in [-0.05, 0) is 19.3 Å². The summed E-state index contributed by atoms with van der Waals surface area (Å²) in [4.78, 5) is 0. The zero-order valence-corrected chi connectivity index (χ0v) is 8.37. The van der Waals surface area contributed by atoms with Gasteiger partial charge in [0.05, 0.1) is 0 Å². The Morgan fingerprint density at radius 3 is 2.92 bits per heavy atom. The molecule has 12 heavy (non-hydrogen) atoms. The molecule has 66 valence electrons. The minimum atomic E-state index is 0.721. The molecule has 0 aromatic carbocycles. The van der Waals surface area contributed by atoms with Crippen molar-refractivity contribution in [3.05, 3.63) is 10.0 Å². The highest BCUT2D eigenvalue weighted by atomic mass is 35.5. The fourth-order valence-electron chi connectivity index (χ4n) is 1.08. The van der Waals surface area contributed by atoms with E-state index in [-0.39, 0.29) is 0 Å². The van der Waals surface area contributed by atoms with Gasteiger partial charge in [-0.25, -0.2) is 0 Å². The summed E-state index contributed by atoms with van der Waals surface area (Å²) in [6.07, 6.45) is 4.63. The van der Waals surface area contributed by atoms with E-state index < -0.39 is 0 Å². The van der Waals surface area contributed by atoms with Crippen LogP contribution in [0, 0.1) is 0 Å². The molecule has 0 unspecified atom stereocenters. The van der Waals surface area contributed by atoms with Crippen LogP contribution in [0.2, 0.25) is 0 Å². The number of halogens is 1. The maximum Gasteiger partial charge on any atom is 0.120 e. The first-order valence-electron chi connectivity index (χ1n) is 4.28. The van der Waals surface area contributed by atoms with Gasteiger partial charge in [0.1, 0.15) is 10.0 Å².